The Kier molecular flexibility index (Phi) is 4.31. The molecule has 1 saturated heterocycles. The monoisotopic (exact) mass is 285 g/mol. The zero-order valence-corrected chi connectivity index (χ0v) is 11.8. The van der Waals surface area contributed by atoms with Gasteiger partial charge in [-0.05, 0) is 25.0 Å². The lowest BCUT2D eigenvalue weighted by Crippen LogP contribution is -2.40. The SMILES string of the molecule is CS(=O)(=O)N1CCCC(COc2ccccc2O)C1. The molecule has 2 rings (SSSR count). The fourth-order valence-corrected chi connectivity index (χ4v) is 3.19. The van der Waals surface area contributed by atoms with Gasteiger partial charge in [0.2, 0.25) is 10.0 Å². The molecule has 1 aliphatic heterocycles. The number of phenolic OH excluding ortho intramolecular Hbond substituents is 1. The molecule has 106 valence electrons. The van der Waals surface area contributed by atoms with Gasteiger partial charge in [-0.1, -0.05) is 12.1 Å². The van der Waals surface area contributed by atoms with Gasteiger partial charge in [0, 0.05) is 19.0 Å². The second-order valence-electron chi connectivity index (χ2n) is 4.91. The lowest BCUT2D eigenvalue weighted by Gasteiger charge is -2.30. The number of piperidine rings is 1. The third-order valence-corrected chi connectivity index (χ3v) is 4.56. The summed E-state index contributed by atoms with van der Waals surface area (Å²) in [5, 5.41) is 9.59. The Morgan fingerprint density at radius 2 is 2.16 bits per heavy atom. The number of para-hydroxylation sites is 2. The van der Waals surface area contributed by atoms with Crippen LogP contribution in [0, 0.1) is 5.92 Å². The van der Waals surface area contributed by atoms with E-state index in [1.165, 1.54) is 10.6 Å². The number of ether oxygens (including phenoxy) is 1. The first-order valence-electron chi connectivity index (χ1n) is 6.33. The molecule has 1 aliphatic rings. The number of hydrogen-bond acceptors (Lipinski definition) is 4. The zero-order chi connectivity index (χ0) is 13.9. The third kappa shape index (κ3) is 3.84. The first kappa shape index (κ1) is 14.1. The predicted molar refractivity (Wildman–Crippen MR) is 72.7 cm³/mol. The average molecular weight is 285 g/mol. The van der Waals surface area contributed by atoms with E-state index in [-0.39, 0.29) is 11.7 Å². The Hall–Kier alpha value is -1.27. The lowest BCUT2D eigenvalue weighted by atomic mass is 10.0. The molecule has 0 aliphatic carbocycles. The van der Waals surface area contributed by atoms with E-state index in [2.05, 4.69) is 0 Å². The van der Waals surface area contributed by atoms with Crippen LogP contribution in [0.15, 0.2) is 24.3 Å². The van der Waals surface area contributed by atoms with Crippen LogP contribution in [0.4, 0.5) is 0 Å². The van der Waals surface area contributed by atoms with Gasteiger partial charge < -0.3 is 9.84 Å². The van der Waals surface area contributed by atoms with Crippen LogP contribution in [-0.2, 0) is 10.0 Å². The minimum atomic E-state index is -3.12. The molecule has 5 nitrogen and oxygen atoms in total. The van der Waals surface area contributed by atoms with Crippen molar-refractivity contribution in [3.05, 3.63) is 24.3 Å². The van der Waals surface area contributed by atoms with Crippen LogP contribution in [0.2, 0.25) is 0 Å². The Balaban J connectivity index is 1.92. The molecule has 1 unspecified atom stereocenters. The van der Waals surface area contributed by atoms with Crippen molar-refractivity contribution in [3.8, 4) is 11.5 Å². The van der Waals surface area contributed by atoms with Gasteiger partial charge in [-0.25, -0.2) is 12.7 Å². The topological polar surface area (TPSA) is 66.8 Å². The van der Waals surface area contributed by atoms with Gasteiger partial charge in [0.25, 0.3) is 0 Å². The average Bonchev–Trinajstić information content (AvgIpc) is 2.37. The molecule has 1 fully saturated rings. The van der Waals surface area contributed by atoms with Gasteiger partial charge in [0.05, 0.1) is 12.9 Å². The molecule has 0 spiro atoms. The quantitative estimate of drug-likeness (QED) is 0.909. The highest BCUT2D eigenvalue weighted by Gasteiger charge is 2.26. The molecule has 1 heterocycles. The summed E-state index contributed by atoms with van der Waals surface area (Å²) in [6.45, 7) is 1.50. The standard InChI is InChI=1S/C13H19NO4S/c1-19(16,17)14-8-4-5-11(9-14)10-18-13-7-3-2-6-12(13)15/h2-3,6-7,11,15H,4-5,8-10H2,1H3. The Bertz CT molecular complexity index is 529. The van der Waals surface area contributed by atoms with Crippen molar-refractivity contribution < 1.29 is 18.3 Å². The number of rotatable bonds is 4. The van der Waals surface area contributed by atoms with Gasteiger partial charge in [-0.15, -0.1) is 0 Å². The van der Waals surface area contributed by atoms with Gasteiger partial charge >= 0.3 is 0 Å². The molecule has 6 heteroatoms. The van der Waals surface area contributed by atoms with Crippen molar-refractivity contribution in [2.45, 2.75) is 12.8 Å². The zero-order valence-electron chi connectivity index (χ0n) is 10.9. The molecule has 1 N–H and O–H groups in total. The van der Waals surface area contributed by atoms with Gasteiger partial charge in [-0.2, -0.15) is 0 Å². The van der Waals surface area contributed by atoms with E-state index < -0.39 is 10.0 Å². The number of phenols is 1. The summed E-state index contributed by atoms with van der Waals surface area (Å²) in [4.78, 5) is 0. The van der Waals surface area contributed by atoms with Crippen LogP contribution < -0.4 is 4.74 Å². The highest BCUT2D eigenvalue weighted by Crippen LogP contribution is 2.26. The first-order chi connectivity index (χ1) is 8.97. The minimum absolute atomic E-state index is 0.110. The summed E-state index contributed by atoms with van der Waals surface area (Å²) < 4.78 is 30.1. The summed E-state index contributed by atoms with van der Waals surface area (Å²) in [5.74, 6) is 0.723. The van der Waals surface area contributed by atoms with Crippen molar-refractivity contribution >= 4 is 10.0 Å². The normalized spacial score (nSPS) is 21.2. The van der Waals surface area contributed by atoms with Crippen LogP contribution in [0.5, 0.6) is 11.5 Å². The second-order valence-corrected chi connectivity index (χ2v) is 6.89. The molecule has 1 atom stereocenters. The maximum Gasteiger partial charge on any atom is 0.211 e. The van der Waals surface area contributed by atoms with E-state index in [4.69, 9.17) is 4.74 Å². The van der Waals surface area contributed by atoms with Crippen molar-refractivity contribution in [2.75, 3.05) is 26.0 Å². The van der Waals surface area contributed by atoms with E-state index in [0.717, 1.165) is 12.8 Å². The maximum atomic E-state index is 11.5. The molecule has 1 aromatic rings. The fraction of sp³-hybridized carbons (Fsp3) is 0.538. The molecule has 1 aromatic carbocycles. The van der Waals surface area contributed by atoms with Crippen molar-refractivity contribution in [3.63, 3.8) is 0 Å². The smallest absolute Gasteiger partial charge is 0.211 e. The molecule has 0 bridgehead atoms. The molecule has 0 radical (unpaired) electrons. The predicted octanol–water partition coefficient (Wildman–Crippen LogP) is 1.44. The van der Waals surface area contributed by atoms with Gasteiger partial charge in [0.1, 0.15) is 0 Å². The Morgan fingerprint density at radius 3 is 2.84 bits per heavy atom. The van der Waals surface area contributed by atoms with Crippen molar-refractivity contribution in [2.24, 2.45) is 5.92 Å². The van der Waals surface area contributed by atoms with E-state index in [0.29, 0.717) is 25.4 Å². The summed E-state index contributed by atoms with van der Waals surface area (Å²) in [6.07, 6.45) is 3.03. The number of benzene rings is 1. The second kappa shape index (κ2) is 5.79. The number of hydrogen-bond donors (Lipinski definition) is 1. The van der Waals surface area contributed by atoms with E-state index >= 15 is 0 Å². The molecular formula is C13H19NO4S. The highest BCUT2D eigenvalue weighted by atomic mass is 32.2. The van der Waals surface area contributed by atoms with Gasteiger partial charge in [0.15, 0.2) is 11.5 Å². The van der Waals surface area contributed by atoms with E-state index in [9.17, 15) is 13.5 Å². The summed E-state index contributed by atoms with van der Waals surface area (Å²) in [5.41, 5.74) is 0. The van der Waals surface area contributed by atoms with E-state index in [1.807, 2.05) is 0 Å². The fourth-order valence-electron chi connectivity index (χ4n) is 2.25. The minimum Gasteiger partial charge on any atom is -0.504 e. The Labute approximate surface area is 113 Å². The Morgan fingerprint density at radius 1 is 1.42 bits per heavy atom. The number of nitrogens with zero attached hydrogens (tertiary/aromatic N) is 1. The molecule has 19 heavy (non-hydrogen) atoms. The number of sulfonamides is 1. The van der Waals surface area contributed by atoms with Crippen LogP contribution >= 0.6 is 0 Å². The molecule has 0 amide bonds. The summed E-state index contributed by atoms with van der Waals surface area (Å²) in [7, 11) is -3.12. The largest absolute Gasteiger partial charge is 0.504 e. The highest BCUT2D eigenvalue weighted by molar-refractivity contribution is 7.88. The lowest BCUT2D eigenvalue weighted by molar-refractivity contribution is 0.177. The van der Waals surface area contributed by atoms with Crippen molar-refractivity contribution in [1.29, 1.82) is 0 Å². The van der Waals surface area contributed by atoms with Crippen LogP contribution in [0.3, 0.4) is 0 Å². The molecule has 0 aromatic heterocycles. The first-order valence-corrected chi connectivity index (χ1v) is 8.17. The maximum absolute atomic E-state index is 11.5. The summed E-state index contributed by atoms with van der Waals surface area (Å²) in [6, 6.07) is 6.79. The summed E-state index contributed by atoms with van der Waals surface area (Å²) >= 11 is 0. The van der Waals surface area contributed by atoms with Crippen molar-refractivity contribution in [1.82, 2.24) is 4.31 Å². The number of aromatic hydroxyl groups is 1. The van der Waals surface area contributed by atoms with Gasteiger partial charge in [-0.3, -0.25) is 0 Å². The van der Waals surface area contributed by atoms with Crippen LogP contribution in [-0.4, -0.2) is 43.8 Å². The van der Waals surface area contributed by atoms with Crippen LogP contribution in [0.25, 0.3) is 0 Å². The molecular weight excluding hydrogens is 266 g/mol. The van der Waals surface area contributed by atoms with Crippen LogP contribution in [0.1, 0.15) is 12.8 Å². The third-order valence-electron chi connectivity index (χ3n) is 3.29. The van der Waals surface area contributed by atoms with E-state index in [1.54, 1.807) is 24.3 Å². The molecule has 0 saturated carbocycles.